The Hall–Kier alpha value is -2.22. The van der Waals surface area contributed by atoms with Crippen molar-refractivity contribution < 1.29 is 4.90 Å². The van der Waals surface area contributed by atoms with Crippen LogP contribution in [0, 0.1) is 36.7 Å². The van der Waals surface area contributed by atoms with Crippen molar-refractivity contribution in [3.63, 3.8) is 0 Å². The summed E-state index contributed by atoms with van der Waals surface area (Å²) < 4.78 is 2.82. The highest BCUT2D eigenvalue weighted by Gasteiger charge is 2.19. The average molecular weight is 351 g/mol. The Morgan fingerprint density at radius 1 is 1.16 bits per heavy atom. The lowest BCUT2D eigenvalue weighted by molar-refractivity contribution is -0.918. The van der Waals surface area contributed by atoms with Crippen molar-refractivity contribution in [1.29, 1.82) is 5.26 Å². The number of nitrogens with zero attached hydrogens (tertiary/aromatic N) is 2. The van der Waals surface area contributed by atoms with Crippen LogP contribution < -0.4 is 4.90 Å². The van der Waals surface area contributed by atoms with E-state index in [1.54, 1.807) is 0 Å². The zero-order valence-corrected chi connectivity index (χ0v) is 15.9. The zero-order valence-electron chi connectivity index (χ0n) is 15.1. The number of pyridine rings is 1. The molecule has 0 bridgehead atoms. The van der Waals surface area contributed by atoms with Crippen LogP contribution in [0.4, 0.5) is 0 Å². The van der Waals surface area contributed by atoms with Crippen LogP contribution in [0.2, 0.25) is 0 Å². The predicted octanol–water partition coefficient (Wildman–Crippen LogP) is 3.34. The second kappa shape index (κ2) is 7.35. The summed E-state index contributed by atoms with van der Waals surface area (Å²) in [6.45, 7) is 9.06. The molecule has 0 radical (unpaired) electrons. The van der Waals surface area contributed by atoms with Gasteiger partial charge in [0.15, 0.2) is 6.67 Å². The normalized spacial score (nSPS) is 17.0. The molecule has 1 unspecified atom stereocenters. The third-order valence-electron chi connectivity index (χ3n) is 5.37. The lowest BCUT2D eigenvalue weighted by atomic mass is 10.00. The van der Waals surface area contributed by atoms with E-state index in [0.29, 0.717) is 10.2 Å². The number of rotatable bonds is 3. The molecule has 0 fully saturated rings. The van der Waals surface area contributed by atoms with E-state index in [-0.39, 0.29) is 0 Å². The van der Waals surface area contributed by atoms with Crippen molar-refractivity contribution in [3.05, 3.63) is 69.0 Å². The van der Waals surface area contributed by atoms with Crippen molar-refractivity contribution >= 4 is 17.8 Å². The maximum absolute atomic E-state index is 9.46. The average Bonchev–Trinajstić information content (AvgIpc) is 2.65. The van der Waals surface area contributed by atoms with E-state index in [9.17, 15) is 5.26 Å². The topological polar surface area (TPSA) is 33.2 Å². The van der Waals surface area contributed by atoms with Crippen molar-refractivity contribution in [2.24, 2.45) is 0 Å². The predicted molar refractivity (Wildman–Crippen MR) is 104 cm³/mol. The van der Waals surface area contributed by atoms with E-state index in [4.69, 9.17) is 12.2 Å². The molecular formula is C21H24N3S+. The minimum Gasteiger partial charge on any atom is -0.314 e. The van der Waals surface area contributed by atoms with Gasteiger partial charge in [0.1, 0.15) is 10.7 Å². The van der Waals surface area contributed by atoms with Gasteiger partial charge >= 0.3 is 0 Å². The molecule has 1 atom stereocenters. The van der Waals surface area contributed by atoms with Crippen LogP contribution in [0.3, 0.4) is 0 Å². The number of quaternary nitrogens is 1. The Labute approximate surface area is 154 Å². The number of hydrogen-bond acceptors (Lipinski definition) is 2. The summed E-state index contributed by atoms with van der Waals surface area (Å²) in [6, 6.07) is 12.9. The van der Waals surface area contributed by atoms with E-state index >= 15 is 0 Å². The number of aromatic nitrogens is 1. The summed E-state index contributed by atoms with van der Waals surface area (Å²) >= 11 is 5.61. The number of nitriles is 1. The Bertz CT molecular complexity index is 917. The van der Waals surface area contributed by atoms with E-state index in [2.05, 4.69) is 60.9 Å². The SMILES string of the molecule is Cc1c(C)c(C)n(C[NH+]2CC=C(c3ccccc3)CC2)c(=S)c1C#N. The molecule has 1 aliphatic heterocycles. The van der Waals surface area contributed by atoms with Gasteiger partial charge in [0.05, 0.1) is 18.7 Å². The van der Waals surface area contributed by atoms with Gasteiger partial charge in [0, 0.05) is 12.1 Å². The number of benzene rings is 1. The summed E-state index contributed by atoms with van der Waals surface area (Å²) in [6.07, 6.45) is 3.42. The first kappa shape index (κ1) is 17.6. The molecule has 1 aliphatic rings. The molecule has 0 spiro atoms. The summed E-state index contributed by atoms with van der Waals surface area (Å²) in [4.78, 5) is 1.48. The molecule has 0 saturated heterocycles. The Morgan fingerprint density at radius 3 is 2.48 bits per heavy atom. The maximum Gasteiger partial charge on any atom is 0.158 e. The summed E-state index contributed by atoms with van der Waals surface area (Å²) in [7, 11) is 0. The lowest BCUT2D eigenvalue weighted by Gasteiger charge is -2.26. The third-order valence-corrected chi connectivity index (χ3v) is 5.79. The van der Waals surface area contributed by atoms with Gasteiger partial charge in [-0.05, 0) is 49.1 Å². The zero-order chi connectivity index (χ0) is 18.0. The minimum atomic E-state index is 0.648. The molecule has 3 rings (SSSR count). The van der Waals surface area contributed by atoms with Gasteiger partial charge in [-0.2, -0.15) is 5.26 Å². The molecule has 4 heteroatoms. The van der Waals surface area contributed by atoms with Crippen molar-refractivity contribution in [1.82, 2.24) is 4.57 Å². The van der Waals surface area contributed by atoms with Crippen LogP contribution in [-0.2, 0) is 6.67 Å². The van der Waals surface area contributed by atoms with Crippen LogP contribution in [0.25, 0.3) is 5.57 Å². The fourth-order valence-corrected chi connectivity index (χ4v) is 3.90. The smallest absolute Gasteiger partial charge is 0.158 e. The van der Waals surface area contributed by atoms with Gasteiger partial charge in [-0.1, -0.05) is 42.5 Å². The highest BCUT2D eigenvalue weighted by atomic mass is 32.1. The highest BCUT2D eigenvalue weighted by Crippen LogP contribution is 2.20. The molecule has 25 heavy (non-hydrogen) atoms. The Balaban J connectivity index is 1.84. The molecular weight excluding hydrogens is 326 g/mol. The van der Waals surface area contributed by atoms with Gasteiger partial charge in [-0.25, -0.2) is 0 Å². The standard InChI is InChI=1S/C21H23N3S/c1-15-16(2)20(13-22)21(25)24(17(15)3)14-23-11-9-19(10-12-23)18-7-5-4-6-8-18/h4-9H,10-12,14H2,1-3H3/p+1. The van der Waals surface area contributed by atoms with Crippen LogP contribution in [0.15, 0.2) is 36.4 Å². The van der Waals surface area contributed by atoms with Gasteiger partial charge < -0.3 is 4.90 Å². The molecule has 0 amide bonds. The first-order valence-electron chi connectivity index (χ1n) is 8.71. The molecule has 128 valence electrons. The Kier molecular flexibility index (Phi) is 5.17. The fraction of sp³-hybridized carbons (Fsp3) is 0.333. The minimum absolute atomic E-state index is 0.648. The Morgan fingerprint density at radius 2 is 1.88 bits per heavy atom. The molecule has 3 nitrogen and oxygen atoms in total. The van der Waals surface area contributed by atoms with Crippen molar-refractivity contribution in [2.75, 3.05) is 13.1 Å². The summed E-state index contributed by atoms with van der Waals surface area (Å²) in [5.41, 5.74) is 6.76. The summed E-state index contributed by atoms with van der Waals surface area (Å²) in [5.74, 6) is 0. The second-order valence-electron chi connectivity index (χ2n) is 6.76. The van der Waals surface area contributed by atoms with Crippen LogP contribution in [0.5, 0.6) is 0 Å². The highest BCUT2D eigenvalue weighted by molar-refractivity contribution is 7.71. The molecule has 0 saturated carbocycles. The molecule has 2 aromatic rings. The lowest BCUT2D eigenvalue weighted by Crippen LogP contribution is -3.11. The molecule has 1 aromatic carbocycles. The third kappa shape index (κ3) is 3.44. The van der Waals surface area contributed by atoms with Crippen LogP contribution in [-0.4, -0.2) is 17.7 Å². The van der Waals surface area contributed by atoms with Crippen molar-refractivity contribution in [3.8, 4) is 6.07 Å². The largest absolute Gasteiger partial charge is 0.314 e. The maximum atomic E-state index is 9.46. The van der Waals surface area contributed by atoms with Crippen molar-refractivity contribution in [2.45, 2.75) is 33.9 Å². The van der Waals surface area contributed by atoms with E-state index in [0.717, 1.165) is 31.7 Å². The van der Waals surface area contributed by atoms with Gasteiger partial charge in [0.2, 0.25) is 0 Å². The number of nitrogens with one attached hydrogen (secondary N) is 1. The quantitative estimate of drug-likeness (QED) is 0.861. The summed E-state index contributed by atoms with van der Waals surface area (Å²) in [5, 5.41) is 9.46. The van der Waals surface area contributed by atoms with Crippen LogP contribution >= 0.6 is 12.2 Å². The molecule has 1 aromatic heterocycles. The molecule has 0 aliphatic carbocycles. The van der Waals surface area contributed by atoms with E-state index < -0.39 is 0 Å². The first-order chi connectivity index (χ1) is 12.0. The van der Waals surface area contributed by atoms with E-state index in [1.165, 1.54) is 27.3 Å². The first-order valence-corrected chi connectivity index (χ1v) is 9.12. The van der Waals surface area contributed by atoms with Crippen LogP contribution in [0.1, 0.15) is 34.4 Å². The molecule has 1 N–H and O–H groups in total. The second-order valence-corrected chi connectivity index (χ2v) is 7.15. The van der Waals surface area contributed by atoms with Gasteiger partial charge in [-0.3, -0.25) is 4.57 Å². The molecule has 2 heterocycles. The van der Waals surface area contributed by atoms with Gasteiger partial charge in [-0.15, -0.1) is 0 Å². The van der Waals surface area contributed by atoms with Gasteiger partial charge in [0.25, 0.3) is 0 Å². The van der Waals surface area contributed by atoms with E-state index in [1.807, 2.05) is 6.92 Å². The monoisotopic (exact) mass is 350 g/mol. The fourth-order valence-electron chi connectivity index (χ4n) is 3.50. The number of hydrogen-bond donors (Lipinski definition) is 1.